The fourth-order valence-electron chi connectivity index (χ4n) is 4.85. The highest BCUT2D eigenvalue weighted by Crippen LogP contribution is 2.39. The van der Waals surface area contributed by atoms with Crippen LogP contribution in [0.3, 0.4) is 0 Å². The number of rotatable bonds is 5. The molecule has 0 radical (unpaired) electrons. The Morgan fingerprint density at radius 3 is 2.45 bits per heavy atom. The first-order chi connectivity index (χ1) is 17.7. The smallest absolute Gasteiger partial charge is 0.417 e. The van der Waals surface area contributed by atoms with Crippen molar-refractivity contribution in [2.75, 3.05) is 5.32 Å². The molecule has 2 aliphatic rings. The summed E-state index contributed by atoms with van der Waals surface area (Å²) < 4.78 is 31.0. The van der Waals surface area contributed by atoms with Gasteiger partial charge in [0.1, 0.15) is 11.2 Å². The molecule has 0 spiro atoms. The zero-order valence-electron chi connectivity index (χ0n) is 22.7. The first-order valence-corrected chi connectivity index (χ1v) is 13.7. The van der Waals surface area contributed by atoms with E-state index in [1.807, 2.05) is 20.8 Å². The van der Waals surface area contributed by atoms with E-state index in [0.717, 1.165) is 42.1 Å². The van der Waals surface area contributed by atoms with Crippen molar-refractivity contribution in [3.8, 4) is 10.6 Å². The second kappa shape index (κ2) is 10.6. The topological polar surface area (TPSA) is 111 Å². The first-order valence-electron chi connectivity index (χ1n) is 12.9. The van der Waals surface area contributed by atoms with E-state index in [1.54, 1.807) is 33.0 Å². The van der Waals surface area contributed by atoms with Gasteiger partial charge in [-0.15, -0.1) is 0 Å². The van der Waals surface area contributed by atoms with Crippen LogP contribution in [-0.4, -0.2) is 49.5 Å². The molecule has 2 aromatic rings. The van der Waals surface area contributed by atoms with E-state index >= 15 is 4.39 Å². The molecule has 1 N–H and O–H groups in total. The Balaban J connectivity index is 1.66. The summed E-state index contributed by atoms with van der Waals surface area (Å²) in [5.74, 6) is -1.69. The number of hydrogen-bond acceptors (Lipinski definition) is 9. The van der Waals surface area contributed by atoms with E-state index in [4.69, 9.17) is 9.47 Å². The van der Waals surface area contributed by atoms with Crippen LogP contribution in [0.15, 0.2) is 12.3 Å². The Morgan fingerprint density at radius 2 is 1.82 bits per heavy atom. The van der Waals surface area contributed by atoms with Gasteiger partial charge in [0.2, 0.25) is 0 Å². The molecule has 206 valence electrons. The van der Waals surface area contributed by atoms with Crippen molar-refractivity contribution in [2.45, 2.75) is 97.4 Å². The van der Waals surface area contributed by atoms with Gasteiger partial charge in [0.05, 0.1) is 29.1 Å². The number of hydrogen-bond donors (Lipinski definition) is 1. The van der Waals surface area contributed by atoms with Crippen LogP contribution in [0.1, 0.15) is 89.6 Å². The predicted octanol–water partition coefficient (Wildman–Crippen LogP) is 5.94. The third-order valence-electron chi connectivity index (χ3n) is 6.38. The summed E-state index contributed by atoms with van der Waals surface area (Å²) >= 11 is 1.13. The average molecular weight is 547 g/mol. The number of halogens is 1. The van der Waals surface area contributed by atoms with Crippen LogP contribution in [-0.2, 0) is 20.8 Å². The second-order valence-electron chi connectivity index (χ2n) is 11.8. The molecule has 2 amide bonds. The van der Waals surface area contributed by atoms with Gasteiger partial charge in [-0.3, -0.25) is 9.59 Å². The van der Waals surface area contributed by atoms with E-state index in [1.165, 1.54) is 0 Å². The van der Waals surface area contributed by atoms with Gasteiger partial charge in [-0.25, -0.2) is 23.4 Å². The lowest BCUT2D eigenvalue weighted by Crippen LogP contribution is -2.37. The zero-order valence-corrected chi connectivity index (χ0v) is 23.5. The van der Waals surface area contributed by atoms with Crippen LogP contribution in [0.5, 0.6) is 0 Å². The number of nitrogens with zero attached hydrogens (tertiary/aromatic N) is 3. The van der Waals surface area contributed by atoms with Crippen molar-refractivity contribution < 1.29 is 28.2 Å². The summed E-state index contributed by atoms with van der Waals surface area (Å²) in [5, 5.41) is 3.24. The normalized spacial score (nSPS) is 19.8. The van der Waals surface area contributed by atoms with Gasteiger partial charge in [0.15, 0.2) is 11.6 Å². The molecule has 0 saturated heterocycles. The average Bonchev–Trinajstić information content (AvgIpc) is 3.43. The lowest BCUT2D eigenvalue weighted by molar-refractivity contribution is -0.156. The maximum absolute atomic E-state index is 16.0. The Kier molecular flexibility index (Phi) is 7.79. The van der Waals surface area contributed by atoms with Crippen LogP contribution in [0.25, 0.3) is 10.6 Å². The summed E-state index contributed by atoms with van der Waals surface area (Å²) in [4.78, 5) is 44.7. The quantitative estimate of drug-likeness (QED) is 0.459. The predicted molar refractivity (Wildman–Crippen MR) is 141 cm³/mol. The summed E-state index contributed by atoms with van der Waals surface area (Å²) in [7, 11) is 0. The molecule has 0 unspecified atom stereocenters. The third-order valence-corrected chi connectivity index (χ3v) is 7.13. The van der Waals surface area contributed by atoms with Gasteiger partial charge in [0.25, 0.3) is 5.91 Å². The maximum atomic E-state index is 16.0. The summed E-state index contributed by atoms with van der Waals surface area (Å²) in [6, 6.07) is 1.49. The fraction of sp³-hybridized carbons (Fsp3) is 0.593. The van der Waals surface area contributed by atoms with Gasteiger partial charge >= 0.3 is 12.1 Å². The Hall–Kier alpha value is -3.08. The highest BCUT2D eigenvalue weighted by atomic mass is 32.1. The number of amides is 2. The molecule has 38 heavy (non-hydrogen) atoms. The van der Waals surface area contributed by atoms with Crippen LogP contribution in [0.4, 0.5) is 15.0 Å². The first kappa shape index (κ1) is 27.9. The summed E-state index contributed by atoms with van der Waals surface area (Å²) in [6.07, 6.45) is 4.40. The number of ether oxygens (including phenoxy) is 2. The maximum Gasteiger partial charge on any atom is 0.417 e. The third kappa shape index (κ3) is 6.31. The molecule has 1 aliphatic carbocycles. The van der Waals surface area contributed by atoms with Crippen LogP contribution >= 0.6 is 11.5 Å². The minimum absolute atomic E-state index is 0.00734. The van der Waals surface area contributed by atoms with Crippen LogP contribution < -0.4 is 5.32 Å². The molecular formula is C27H35FN4O5S. The zero-order chi connectivity index (χ0) is 27.8. The standard InChI is InChI=1S/C27H35FN4O5S/c1-26(2,3)36-19(33)13-15-9-7-8-10-17(15)30-23-21(28)16-14-32(25(35)37-27(4,5)6)24(34)20(16)22(31-23)18-11-12-29-38-18/h11-12,15,17H,7-10,13-14H2,1-6H3,(H,30,31)/t15-,17-/m1/s1. The van der Waals surface area contributed by atoms with E-state index in [-0.39, 0.29) is 53.5 Å². The van der Waals surface area contributed by atoms with Gasteiger partial charge in [-0.05, 0) is 77.9 Å². The van der Waals surface area contributed by atoms with Crippen LogP contribution in [0.2, 0.25) is 0 Å². The number of carbonyl (C=O) groups excluding carboxylic acids is 3. The molecule has 2 aromatic heterocycles. The number of fused-ring (bicyclic) bond motifs is 1. The summed E-state index contributed by atoms with van der Waals surface area (Å²) in [6.45, 7) is 10.3. The molecule has 1 saturated carbocycles. The van der Waals surface area contributed by atoms with Crippen molar-refractivity contribution in [1.82, 2.24) is 14.3 Å². The largest absolute Gasteiger partial charge is 0.460 e. The SMILES string of the molecule is CC(C)(C)OC(=O)C[C@H]1CCCC[C@H]1Nc1nc(-c2ccns2)c2c(c1F)CN(C(=O)OC(C)(C)C)C2=O. The highest BCUT2D eigenvalue weighted by molar-refractivity contribution is 7.09. The van der Waals surface area contributed by atoms with E-state index < -0.39 is 29.0 Å². The summed E-state index contributed by atoms with van der Waals surface area (Å²) in [5.41, 5.74) is -1.01. The molecule has 11 heteroatoms. The molecule has 1 fully saturated rings. The van der Waals surface area contributed by atoms with Crippen molar-refractivity contribution in [1.29, 1.82) is 0 Å². The van der Waals surface area contributed by atoms with Crippen molar-refractivity contribution in [3.05, 3.63) is 29.2 Å². The molecular weight excluding hydrogens is 511 g/mol. The van der Waals surface area contributed by atoms with Crippen molar-refractivity contribution >= 4 is 35.3 Å². The molecule has 4 rings (SSSR count). The number of aromatic nitrogens is 2. The van der Waals surface area contributed by atoms with Crippen molar-refractivity contribution in [3.63, 3.8) is 0 Å². The number of carbonyl (C=O) groups is 3. The molecule has 1 aliphatic heterocycles. The monoisotopic (exact) mass is 546 g/mol. The number of anilines is 1. The highest BCUT2D eigenvalue weighted by Gasteiger charge is 2.41. The Morgan fingerprint density at radius 1 is 1.13 bits per heavy atom. The minimum Gasteiger partial charge on any atom is -0.460 e. The second-order valence-corrected chi connectivity index (χ2v) is 12.6. The number of nitrogens with one attached hydrogen (secondary N) is 1. The number of imide groups is 1. The Labute approximate surface area is 226 Å². The lowest BCUT2D eigenvalue weighted by atomic mass is 9.82. The van der Waals surface area contributed by atoms with Crippen molar-refractivity contribution in [2.24, 2.45) is 5.92 Å². The molecule has 3 heterocycles. The Bertz CT molecular complexity index is 1220. The molecule has 9 nitrogen and oxygen atoms in total. The van der Waals surface area contributed by atoms with E-state index in [9.17, 15) is 14.4 Å². The van der Waals surface area contributed by atoms with Gasteiger partial charge < -0.3 is 14.8 Å². The number of esters is 1. The van der Waals surface area contributed by atoms with E-state index in [2.05, 4.69) is 14.7 Å². The fourth-order valence-corrected chi connectivity index (χ4v) is 5.44. The van der Waals surface area contributed by atoms with Gasteiger partial charge in [-0.1, -0.05) is 12.8 Å². The lowest BCUT2D eigenvalue weighted by Gasteiger charge is -2.33. The van der Waals surface area contributed by atoms with Gasteiger partial charge in [0, 0.05) is 17.8 Å². The molecule has 2 atom stereocenters. The molecule has 0 aromatic carbocycles. The minimum atomic E-state index is -0.840. The van der Waals surface area contributed by atoms with Crippen LogP contribution in [0, 0.1) is 11.7 Å². The van der Waals surface area contributed by atoms with Gasteiger partial charge in [-0.2, -0.15) is 0 Å². The van der Waals surface area contributed by atoms with E-state index in [0.29, 0.717) is 4.88 Å². The number of pyridine rings is 1. The molecule has 0 bridgehead atoms.